The SMILES string of the molecule is CC(=O)c1csc(C(=O)Nc2cccc(N(C)C(=O)c3cc(C(C)=O)cs3)c2)c1. The van der Waals surface area contributed by atoms with E-state index in [1.54, 1.807) is 54.2 Å². The van der Waals surface area contributed by atoms with Crippen molar-refractivity contribution < 1.29 is 19.2 Å². The minimum Gasteiger partial charge on any atom is -0.321 e. The molecule has 148 valence electrons. The number of hydrogen-bond donors (Lipinski definition) is 1. The molecule has 0 aliphatic heterocycles. The van der Waals surface area contributed by atoms with Crippen LogP contribution in [0.1, 0.15) is 53.9 Å². The van der Waals surface area contributed by atoms with Gasteiger partial charge in [0.05, 0.1) is 9.75 Å². The Morgan fingerprint density at radius 3 is 2.03 bits per heavy atom. The third kappa shape index (κ3) is 4.67. The summed E-state index contributed by atoms with van der Waals surface area (Å²) in [6.07, 6.45) is 0. The summed E-state index contributed by atoms with van der Waals surface area (Å²) in [7, 11) is 1.63. The molecule has 0 spiro atoms. The topological polar surface area (TPSA) is 83.6 Å². The van der Waals surface area contributed by atoms with E-state index in [-0.39, 0.29) is 23.4 Å². The minimum atomic E-state index is -0.321. The Morgan fingerprint density at radius 2 is 1.45 bits per heavy atom. The van der Waals surface area contributed by atoms with Crippen molar-refractivity contribution in [1.82, 2.24) is 0 Å². The predicted octanol–water partition coefficient (Wildman–Crippen LogP) is 4.74. The van der Waals surface area contributed by atoms with Gasteiger partial charge in [0, 0.05) is 40.3 Å². The minimum absolute atomic E-state index is 0.0887. The van der Waals surface area contributed by atoms with Crippen LogP contribution in [0.3, 0.4) is 0 Å². The van der Waals surface area contributed by atoms with Gasteiger partial charge >= 0.3 is 0 Å². The molecule has 8 heteroatoms. The molecular weight excluding hydrogens is 408 g/mol. The fourth-order valence-corrected chi connectivity index (χ4v) is 4.30. The monoisotopic (exact) mass is 426 g/mol. The van der Waals surface area contributed by atoms with E-state index < -0.39 is 0 Å². The van der Waals surface area contributed by atoms with Gasteiger partial charge in [0.2, 0.25) is 0 Å². The van der Waals surface area contributed by atoms with E-state index in [4.69, 9.17) is 0 Å². The molecule has 0 atom stereocenters. The van der Waals surface area contributed by atoms with Crippen molar-refractivity contribution in [2.75, 3.05) is 17.3 Å². The first-order valence-corrected chi connectivity index (χ1v) is 10.4. The summed E-state index contributed by atoms with van der Waals surface area (Å²) in [5, 5.41) is 6.10. The number of carbonyl (C=O) groups excluding carboxylic acids is 4. The molecule has 0 fully saturated rings. The van der Waals surface area contributed by atoms with Crippen molar-refractivity contribution in [3.05, 3.63) is 68.0 Å². The van der Waals surface area contributed by atoms with Gasteiger partial charge in [0.25, 0.3) is 11.8 Å². The van der Waals surface area contributed by atoms with Crippen molar-refractivity contribution in [2.24, 2.45) is 0 Å². The van der Waals surface area contributed by atoms with Gasteiger partial charge < -0.3 is 10.2 Å². The molecule has 0 radical (unpaired) electrons. The zero-order chi connectivity index (χ0) is 21.1. The van der Waals surface area contributed by atoms with Gasteiger partial charge in [0.1, 0.15) is 0 Å². The molecule has 2 aromatic heterocycles. The summed E-state index contributed by atoms with van der Waals surface area (Å²) < 4.78 is 0. The van der Waals surface area contributed by atoms with Crippen LogP contribution in [-0.2, 0) is 0 Å². The van der Waals surface area contributed by atoms with Gasteiger partial charge in [-0.1, -0.05) is 6.07 Å². The number of nitrogens with one attached hydrogen (secondary N) is 1. The molecule has 6 nitrogen and oxygen atoms in total. The maximum absolute atomic E-state index is 12.7. The second-order valence-electron chi connectivity index (χ2n) is 6.38. The zero-order valence-electron chi connectivity index (χ0n) is 16.0. The Hall–Kier alpha value is -3.10. The van der Waals surface area contributed by atoms with E-state index in [2.05, 4.69) is 5.32 Å². The van der Waals surface area contributed by atoms with Crippen LogP contribution in [-0.4, -0.2) is 30.4 Å². The van der Waals surface area contributed by atoms with E-state index in [0.29, 0.717) is 32.3 Å². The molecule has 0 aliphatic rings. The molecule has 2 heterocycles. The van der Waals surface area contributed by atoms with Crippen LogP contribution >= 0.6 is 22.7 Å². The van der Waals surface area contributed by atoms with Crippen LogP contribution in [0.15, 0.2) is 47.2 Å². The Balaban J connectivity index is 1.75. The number of hydrogen-bond acceptors (Lipinski definition) is 6. The molecule has 2 amide bonds. The molecule has 0 saturated heterocycles. The smallest absolute Gasteiger partial charge is 0.268 e. The van der Waals surface area contributed by atoms with Gasteiger partial charge in [-0.2, -0.15) is 0 Å². The lowest BCUT2D eigenvalue weighted by Gasteiger charge is -2.17. The molecule has 29 heavy (non-hydrogen) atoms. The first kappa shape index (κ1) is 20.6. The van der Waals surface area contributed by atoms with Crippen LogP contribution in [0.4, 0.5) is 11.4 Å². The molecule has 0 aliphatic carbocycles. The van der Waals surface area contributed by atoms with E-state index in [9.17, 15) is 19.2 Å². The fourth-order valence-electron chi connectivity index (χ4n) is 2.54. The molecule has 0 saturated carbocycles. The number of rotatable bonds is 6. The van der Waals surface area contributed by atoms with Crippen LogP contribution in [0, 0.1) is 0 Å². The average Bonchev–Trinajstić information content (AvgIpc) is 3.37. The number of nitrogens with zero attached hydrogens (tertiary/aromatic N) is 1. The number of benzene rings is 1. The van der Waals surface area contributed by atoms with Crippen molar-refractivity contribution >= 4 is 57.4 Å². The Morgan fingerprint density at radius 1 is 0.862 bits per heavy atom. The normalized spacial score (nSPS) is 10.4. The number of anilines is 2. The maximum atomic E-state index is 12.7. The summed E-state index contributed by atoms with van der Waals surface area (Å²) in [4.78, 5) is 50.3. The third-order valence-electron chi connectivity index (χ3n) is 4.24. The first-order valence-electron chi connectivity index (χ1n) is 8.64. The predicted molar refractivity (Wildman–Crippen MR) is 116 cm³/mol. The quantitative estimate of drug-likeness (QED) is 0.577. The van der Waals surface area contributed by atoms with Crippen molar-refractivity contribution in [2.45, 2.75) is 13.8 Å². The van der Waals surface area contributed by atoms with E-state index in [1.165, 1.54) is 41.4 Å². The lowest BCUT2D eigenvalue weighted by atomic mass is 10.2. The fraction of sp³-hybridized carbons (Fsp3) is 0.143. The summed E-state index contributed by atoms with van der Waals surface area (Å²) >= 11 is 2.42. The summed E-state index contributed by atoms with van der Waals surface area (Å²) in [5.41, 5.74) is 2.13. The number of carbonyl (C=O) groups is 4. The number of thiophene rings is 2. The Kier molecular flexibility index (Phi) is 6.05. The van der Waals surface area contributed by atoms with Crippen molar-refractivity contribution in [3.8, 4) is 0 Å². The Labute approximate surface area is 175 Å². The second-order valence-corrected chi connectivity index (χ2v) is 8.20. The molecule has 0 bridgehead atoms. The highest BCUT2D eigenvalue weighted by Crippen LogP contribution is 2.24. The summed E-state index contributed by atoms with van der Waals surface area (Å²) in [6.45, 7) is 2.91. The standard InChI is InChI=1S/C21H18N2O4S2/c1-12(24)14-7-18(28-10-14)20(26)22-16-5-4-6-17(9-16)23(3)21(27)19-8-15(11-29-19)13(2)25/h4-11H,1-3H3,(H,22,26). The van der Waals surface area contributed by atoms with Crippen LogP contribution in [0.25, 0.3) is 0 Å². The van der Waals surface area contributed by atoms with Crippen LogP contribution in [0.5, 0.6) is 0 Å². The third-order valence-corrected chi connectivity index (χ3v) is 6.09. The zero-order valence-corrected chi connectivity index (χ0v) is 17.6. The number of ketones is 2. The van der Waals surface area contributed by atoms with Crippen LogP contribution < -0.4 is 10.2 Å². The van der Waals surface area contributed by atoms with E-state index in [0.717, 1.165) is 0 Å². The highest BCUT2D eigenvalue weighted by atomic mass is 32.1. The first-order chi connectivity index (χ1) is 13.8. The molecule has 1 N–H and O–H groups in total. The molecule has 3 aromatic rings. The van der Waals surface area contributed by atoms with E-state index in [1.807, 2.05) is 0 Å². The second kappa shape index (κ2) is 8.50. The molecule has 0 unspecified atom stereocenters. The molecule has 3 rings (SSSR count). The van der Waals surface area contributed by atoms with Gasteiger partial charge in [0.15, 0.2) is 11.6 Å². The van der Waals surface area contributed by atoms with Gasteiger partial charge in [-0.25, -0.2) is 0 Å². The highest BCUT2D eigenvalue weighted by Gasteiger charge is 2.18. The lowest BCUT2D eigenvalue weighted by molar-refractivity contribution is 0.0992. The molecular formula is C21H18N2O4S2. The van der Waals surface area contributed by atoms with Gasteiger partial charge in [-0.3, -0.25) is 19.2 Å². The largest absolute Gasteiger partial charge is 0.321 e. The molecule has 1 aromatic carbocycles. The maximum Gasteiger partial charge on any atom is 0.268 e. The van der Waals surface area contributed by atoms with Crippen molar-refractivity contribution in [1.29, 1.82) is 0 Å². The highest BCUT2D eigenvalue weighted by molar-refractivity contribution is 7.12. The summed E-state index contributed by atoms with van der Waals surface area (Å²) in [6, 6.07) is 10.0. The van der Waals surface area contributed by atoms with E-state index >= 15 is 0 Å². The van der Waals surface area contributed by atoms with Crippen molar-refractivity contribution in [3.63, 3.8) is 0 Å². The van der Waals surface area contributed by atoms with Gasteiger partial charge in [-0.05, 0) is 44.2 Å². The number of amides is 2. The Bertz CT molecular complexity index is 1110. The van der Waals surface area contributed by atoms with Gasteiger partial charge in [-0.15, -0.1) is 22.7 Å². The number of Topliss-reactive ketones (excluding diaryl/α,β-unsaturated/α-hetero) is 2. The lowest BCUT2D eigenvalue weighted by Crippen LogP contribution is -2.25. The van der Waals surface area contributed by atoms with Crippen LogP contribution in [0.2, 0.25) is 0 Å². The average molecular weight is 427 g/mol. The summed E-state index contributed by atoms with van der Waals surface area (Å²) in [5.74, 6) is -0.744.